The summed E-state index contributed by atoms with van der Waals surface area (Å²) in [5, 5.41) is 3.88. The highest BCUT2D eigenvalue weighted by Gasteiger charge is 2.35. The second-order valence-electron chi connectivity index (χ2n) is 10.5. The third-order valence-corrected chi connectivity index (χ3v) is 9.76. The van der Waals surface area contributed by atoms with Crippen LogP contribution in [0.15, 0.2) is 102 Å². The fraction of sp³-hybridized carbons (Fsp3) is 0.212. The lowest BCUT2D eigenvalue weighted by Gasteiger charge is -2.34. The van der Waals surface area contributed by atoms with Gasteiger partial charge in [0.25, 0.3) is 10.0 Å². The van der Waals surface area contributed by atoms with Gasteiger partial charge in [-0.05, 0) is 67.4 Å². The highest BCUT2D eigenvalue weighted by molar-refractivity contribution is 7.92. The molecular formula is C33H31Cl4N3O4S. The Hall–Kier alpha value is -3.27. The third-order valence-electron chi connectivity index (χ3n) is 6.84. The van der Waals surface area contributed by atoms with E-state index in [2.05, 4.69) is 5.32 Å². The highest BCUT2D eigenvalue weighted by Crippen LogP contribution is 2.33. The van der Waals surface area contributed by atoms with Gasteiger partial charge in [-0.1, -0.05) is 101 Å². The van der Waals surface area contributed by atoms with Crippen LogP contribution >= 0.6 is 46.4 Å². The van der Waals surface area contributed by atoms with E-state index in [0.717, 1.165) is 9.87 Å². The van der Waals surface area contributed by atoms with Gasteiger partial charge in [-0.2, -0.15) is 0 Å². The van der Waals surface area contributed by atoms with E-state index in [4.69, 9.17) is 46.4 Å². The first-order valence-electron chi connectivity index (χ1n) is 14.0. The molecule has 1 unspecified atom stereocenters. The normalized spacial score (nSPS) is 12.1. The number of nitrogens with zero attached hydrogens (tertiary/aromatic N) is 2. The molecule has 12 heteroatoms. The van der Waals surface area contributed by atoms with Crippen molar-refractivity contribution in [1.29, 1.82) is 0 Å². The second kappa shape index (κ2) is 15.3. The minimum Gasteiger partial charge on any atom is -0.352 e. The molecule has 0 aromatic heterocycles. The number of benzene rings is 4. The zero-order valence-electron chi connectivity index (χ0n) is 24.5. The van der Waals surface area contributed by atoms with Crippen molar-refractivity contribution in [3.63, 3.8) is 0 Å². The molecule has 4 aromatic carbocycles. The van der Waals surface area contributed by atoms with Crippen LogP contribution in [0.5, 0.6) is 0 Å². The van der Waals surface area contributed by atoms with Crippen LogP contribution in [0, 0.1) is 0 Å². The van der Waals surface area contributed by atoms with Crippen molar-refractivity contribution in [3.8, 4) is 0 Å². The van der Waals surface area contributed by atoms with Gasteiger partial charge in [0.2, 0.25) is 11.8 Å². The van der Waals surface area contributed by atoms with Crippen molar-refractivity contribution in [3.05, 3.63) is 128 Å². The van der Waals surface area contributed by atoms with Gasteiger partial charge >= 0.3 is 0 Å². The Kier molecular flexibility index (Phi) is 11.8. The maximum Gasteiger partial charge on any atom is 0.264 e. The number of hydrogen-bond donors (Lipinski definition) is 1. The van der Waals surface area contributed by atoms with Crippen molar-refractivity contribution in [2.45, 2.75) is 43.8 Å². The van der Waals surface area contributed by atoms with Gasteiger partial charge in [-0.3, -0.25) is 13.9 Å². The quantitative estimate of drug-likeness (QED) is 0.164. The molecule has 0 saturated carbocycles. The monoisotopic (exact) mass is 705 g/mol. The Bertz CT molecular complexity index is 1760. The summed E-state index contributed by atoms with van der Waals surface area (Å²) >= 11 is 25.5. The van der Waals surface area contributed by atoms with Gasteiger partial charge in [0, 0.05) is 34.1 Å². The van der Waals surface area contributed by atoms with Gasteiger partial charge < -0.3 is 10.2 Å². The standard InChI is InChI=1S/C33H31Cl4N3O4S/c1-22(2)38-33(42)31(17-23-9-5-3-6-10-23)39(20-24-13-14-25(34)18-29(24)37)32(41)21-40(30-19-26(35)15-16-28(30)36)45(43,44)27-11-7-4-8-12-27/h3-16,18-19,22,31H,17,20-21H2,1-2H3,(H,38,42). The van der Waals surface area contributed by atoms with Crippen LogP contribution in [0.3, 0.4) is 0 Å². The number of nitrogens with one attached hydrogen (secondary N) is 1. The van der Waals surface area contributed by atoms with Gasteiger partial charge in [0.1, 0.15) is 12.6 Å². The first kappa shape index (κ1) is 34.6. The summed E-state index contributed by atoms with van der Waals surface area (Å²) in [6.45, 7) is 2.83. The van der Waals surface area contributed by atoms with Crippen LogP contribution in [0.25, 0.3) is 0 Å². The van der Waals surface area contributed by atoms with E-state index < -0.39 is 34.4 Å². The average Bonchev–Trinajstić information content (AvgIpc) is 3.00. The van der Waals surface area contributed by atoms with Crippen molar-refractivity contribution in [2.75, 3.05) is 10.8 Å². The lowest BCUT2D eigenvalue weighted by Crippen LogP contribution is -2.54. The molecule has 1 atom stereocenters. The molecule has 4 aromatic rings. The Labute approximate surface area is 283 Å². The molecule has 0 aliphatic heterocycles. The number of anilines is 1. The van der Waals surface area contributed by atoms with Crippen molar-refractivity contribution < 1.29 is 18.0 Å². The third kappa shape index (κ3) is 8.93. The molecule has 2 amide bonds. The summed E-state index contributed by atoms with van der Waals surface area (Å²) in [6.07, 6.45) is 0.152. The van der Waals surface area contributed by atoms with E-state index in [1.165, 1.54) is 35.2 Å². The van der Waals surface area contributed by atoms with Gasteiger partial charge in [-0.25, -0.2) is 8.42 Å². The summed E-state index contributed by atoms with van der Waals surface area (Å²) in [5.41, 5.74) is 1.33. The van der Waals surface area contributed by atoms with Crippen LogP contribution in [0.1, 0.15) is 25.0 Å². The first-order valence-corrected chi connectivity index (χ1v) is 16.9. The number of halogens is 4. The fourth-order valence-electron chi connectivity index (χ4n) is 4.68. The minimum atomic E-state index is -4.33. The molecule has 0 radical (unpaired) electrons. The van der Waals surface area contributed by atoms with E-state index in [1.54, 1.807) is 36.4 Å². The zero-order valence-corrected chi connectivity index (χ0v) is 28.3. The van der Waals surface area contributed by atoms with Crippen molar-refractivity contribution in [2.24, 2.45) is 0 Å². The smallest absolute Gasteiger partial charge is 0.264 e. The summed E-state index contributed by atoms with van der Waals surface area (Å²) in [4.78, 5) is 29.6. The SMILES string of the molecule is CC(C)NC(=O)C(Cc1ccccc1)N(Cc1ccc(Cl)cc1Cl)C(=O)CN(c1cc(Cl)ccc1Cl)S(=O)(=O)c1ccccc1. The number of hydrogen-bond acceptors (Lipinski definition) is 4. The van der Waals surface area contributed by atoms with E-state index in [-0.39, 0.29) is 44.7 Å². The molecule has 0 bridgehead atoms. The lowest BCUT2D eigenvalue weighted by molar-refractivity contribution is -0.140. The average molecular weight is 708 g/mol. The second-order valence-corrected chi connectivity index (χ2v) is 14.1. The number of rotatable bonds is 12. The van der Waals surface area contributed by atoms with Gasteiger partial charge in [0.05, 0.1) is 15.6 Å². The Morgan fingerprint density at radius 2 is 1.38 bits per heavy atom. The molecule has 1 N–H and O–H groups in total. The largest absolute Gasteiger partial charge is 0.352 e. The highest BCUT2D eigenvalue weighted by atomic mass is 35.5. The number of carbonyl (C=O) groups is 2. The summed E-state index contributed by atoms with van der Waals surface area (Å²) < 4.78 is 29.1. The van der Waals surface area contributed by atoms with Crippen molar-refractivity contribution in [1.82, 2.24) is 10.2 Å². The molecule has 0 saturated heterocycles. The Morgan fingerprint density at radius 3 is 2.00 bits per heavy atom. The van der Waals surface area contributed by atoms with Gasteiger partial charge in [-0.15, -0.1) is 0 Å². The van der Waals surface area contributed by atoms with Gasteiger partial charge in [0.15, 0.2) is 0 Å². The molecule has 4 rings (SSSR count). The molecule has 236 valence electrons. The van der Waals surface area contributed by atoms with E-state index >= 15 is 0 Å². The molecule has 45 heavy (non-hydrogen) atoms. The molecule has 0 aliphatic carbocycles. The topological polar surface area (TPSA) is 86.8 Å². The lowest BCUT2D eigenvalue weighted by atomic mass is 10.0. The van der Waals surface area contributed by atoms with E-state index in [9.17, 15) is 18.0 Å². The predicted octanol–water partition coefficient (Wildman–Crippen LogP) is 7.66. The zero-order chi connectivity index (χ0) is 32.7. The van der Waals surface area contributed by atoms with E-state index in [1.807, 2.05) is 44.2 Å². The minimum absolute atomic E-state index is 0.0112. The molecule has 0 spiro atoms. The fourth-order valence-corrected chi connectivity index (χ4v) is 7.03. The van der Waals surface area contributed by atoms with Crippen LogP contribution < -0.4 is 9.62 Å². The first-order chi connectivity index (χ1) is 21.4. The van der Waals surface area contributed by atoms with Crippen LogP contribution in [-0.4, -0.2) is 43.8 Å². The summed E-state index contributed by atoms with van der Waals surface area (Å²) in [6, 6.07) is 24.8. The van der Waals surface area contributed by atoms with Crippen LogP contribution in [0.2, 0.25) is 20.1 Å². The Balaban J connectivity index is 1.85. The number of carbonyl (C=O) groups excluding carboxylic acids is 2. The predicted molar refractivity (Wildman–Crippen MR) is 182 cm³/mol. The Morgan fingerprint density at radius 1 is 0.778 bits per heavy atom. The van der Waals surface area contributed by atoms with Crippen LogP contribution in [-0.2, 0) is 32.6 Å². The number of amides is 2. The molecule has 0 heterocycles. The van der Waals surface area contributed by atoms with Crippen LogP contribution in [0.4, 0.5) is 5.69 Å². The molecule has 0 aliphatic rings. The molecule has 0 fully saturated rings. The number of sulfonamides is 1. The maximum atomic E-state index is 14.5. The molecule has 7 nitrogen and oxygen atoms in total. The maximum absolute atomic E-state index is 14.5. The summed E-state index contributed by atoms with van der Waals surface area (Å²) in [7, 11) is -4.33. The summed E-state index contributed by atoms with van der Waals surface area (Å²) in [5.74, 6) is -1.08. The van der Waals surface area contributed by atoms with Crippen molar-refractivity contribution >= 4 is 73.9 Å². The molecular weight excluding hydrogens is 676 g/mol. The van der Waals surface area contributed by atoms with E-state index in [0.29, 0.717) is 10.6 Å².